The van der Waals surface area contributed by atoms with Crippen molar-refractivity contribution in [2.75, 3.05) is 33.9 Å². The molecule has 4 heteroatoms. The highest BCUT2D eigenvalue weighted by atomic mass is 16.5. The fourth-order valence-corrected chi connectivity index (χ4v) is 1.97. The molecule has 0 aliphatic rings. The average Bonchev–Trinajstić information content (AvgIpc) is 2.46. The first-order valence-electron chi connectivity index (χ1n) is 7.04. The maximum Gasteiger partial charge on any atom is 0.253 e. The zero-order valence-corrected chi connectivity index (χ0v) is 13.0. The smallest absolute Gasteiger partial charge is 0.253 e. The fraction of sp³-hybridized carbons (Fsp3) is 0.471. The first kappa shape index (κ1) is 17.2. The third-order valence-corrected chi connectivity index (χ3v) is 2.98. The zero-order valence-electron chi connectivity index (χ0n) is 13.0. The largest absolute Gasteiger partial charge is 0.395 e. The predicted octanol–water partition coefficient (Wildman–Crippen LogP) is 1.84. The van der Waals surface area contributed by atoms with Crippen molar-refractivity contribution < 1.29 is 14.6 Å². The van der Waals surface area contributed by atoms with E-state index in [1.54, 1.807) is 25.1 Å². The van der Waals surface area contributed by atoms with Crippen LogP contribution in [0.4, 0.5) is 0 Å². The normalized spacial score (nSPS) is 9.90. The predicted molar refractivity (Wildman–Crippen MR) is 83.2 cm³/mol. The maximum atomic E-state index is 12.4. The number of benzene rings is 1. The highest BCUT2D eigenvalue weighted by Gasteiger charge is 2.12. The summed E-state index contributed by atoms with van der Waals surface area (Å²) in [4.78, 5) is 14.1. The van der Waals surface area contributed by atoms with E-state index in [9.17, 15) is 4.79 Å². The van der Waals surface area contributed by atoms with Crippen LogP contribution in [-0.4, -0.2) is 49.8 Å². The SMILES string of the molecule is COCCCN(C)C(=O)c1cc(C)cc(C#CCCO)c1. The van der Waals surface area contributed by atoms with Crippen LogP contribution >= 0.6 is 0 Å². The molecule has 0 saturated carbocycles. The second kappa shape index (κ2) is 9.17. The number of rotatable bonds is 6. The zero-order chi connectivity index (χ0) is 15.7. The summed E-state index contributed by atoms with van der Waals surface area (Å²) in [7, 11) is 3.44. The van der Waals surface area contributed by atoms with Crippen molar-refractivity contribution in [2.24, 2.45) is 0 Å². The summed E-state index contributed by atoms with van der Waals surface area (Å²) in [5, 5.41) is 8.74. The van der Waals surface area contributed by atoms with Gasteiger partial charge in [-0.3, -0.25) is 4.79 Å². The number of hydrogen-bond acceptors (Lipinski definition) is 3. The van der Waals surface area contributed by atoms with Crippen LogP contribution in [-0.2, 0) is 4.74 Å². The summed E-state index contributed by atoms with van der Waals surface area (Å²) in [5.74, 6) is 5.83. The van der Waals surface area contributed by atoms with Gasteiger partial charge in [0.05, 0.1) is 6.61 Å². The first-order chi connectivity index (χ1) is 10.1. The summed E-state index contributed by atoms with van der Waals surface area (Å²) >= 11 is 0. The molecule has 1 N–H and O–H groups in total. The molecule has 0 heterocycles. The lowest BCUT2D eigenvalue weighted by Gasteiger charge is -2.17. The van der Waals surface area contributed by atoms with Gasteiger partial charge in [-0.15, -0.1) is 0 Å². The molecule has 0 unspecified atom stereocenters. The molecule has 0 fully saturated rings. The molecule has 21 heavy (non-hydrogen) atoms. The Morgan fingerprint density at radius 2 is 2.14 bits per heavy atom. The van der Waals surface area contributed by atoms with E-state index < -0.39 is 0 Å². The van der Waals surface area contributed by atoms with Crippen LogP contribution in [0.25, 0.3) is 0 Å². The second-order valence-electron chi connectivity index (χ2n) is 4.94. The lowest BCUT2D eigenvalue weighted by Crippen LogP contribution is -2.28. The quantitative estimate of drug-likeness (QED) is 0.642. The number of aryl methyl sites for hydroxylation is 1. The molecular weight excluding hydrogens is 266 g/mol. The number of aliphatic hydroxyl groups excluding tert-OH is 1. The van der Waals surface area contributed by atoms with Gasteiger partial charge in [0.1, 0.15) is 0 Å². The van der Waals surface area contributed by atoms with Gasteiger partial charge in [0.25, 0.3) is 5.91 Å². The number of aliphatic hydroxyl groups is 1. The molecule has 4 nitrogen and oxygen atoms in total. The Labute approximate surface area is 126 Å². The van der Waals surface area contributed by atoms with Gasteiger partial charge in [-0.2, -0.15) is 0 Å². The lowest BCUT2D eigenvalue weighted by atomic mass is 10.1. The van der Waals surface area contributed by atoms with Gasteiger partial charge in [-0.05, 0) is 37.1 Å². The van der Waals surface area contributed by atoms with E-state index in [4.69, 9.17) is 9.84 Å². The standard InChI is InChI=1S/C17H23NO3/c1-14-11-15(7-4-5-9-19)13-16(12-14)17(20)18(2)8-6-10-21-3/h11-13,19H,5-6,8-10H2,1-3H3. The molecule has 114 valence electrons. The van der Waals surface area contributed by atoms with Crippen molar-refractivity contribution in [3.8, 4) is 11.8 Å². The summed E-state index contributed by atoms with van der Waals surface area (Å²) in [6.07, 6.45) is 1.25. The Morgan fingerprint density at radius 3 is 2.81 bits per heavy atom. The monoisotopic (exact) mass is 289 g/mol. The molecule has 1 amide bonds. The van der Waals surface area contributed by atoms with Crippen LogP contribution in [0.2, 0.25) is 0 Å². The molecule has 1 rings (SSSR count). The number of methoxy groups -OCH3 is 1. The summed E-state index contributed by atoms with van der Waals surface area (Å²) in [6, 6.07) is 5.60. The van der Waals surface area contributed by atoms with E-state index in [-0.39, 0.29) is 12.5 Å². The number of carbonyl (C=O) groups excluding carboxylic acids is 1. The molecule has 0 aliphatic carbocycles. The van der Waals surface area contributed by atoms with Crippen molar-refractivity contribution in [1.29, 1.82) is 0 Å². The third kappa shape index (κ3) is 5.99. The van der Waals surface area contributed by atoms with Gasteiger partial charge in [0, 0.05) is 44.9 Å². The number of nitrogens with zero attached hydrogens (tertiary/aromatic N) is 1. The van der Waals surface area contributed by atoms with Crippen molar-refractivity contribution in [3.05, 3.63) is 34.9 Å². The Hall–Kier alpha value is -1.83. The third-order valence-electron chi connectivity index (χ3n) is 2.98. The van der Waals surface area contributed by atoms with Gasteiger partial charge in [-0.1, -0.05) is 11.8 Å². The molecular formula is C17H23NO3. The minimum atomic E-state index is -0.0139. The van der Waals surface area contributed by atoms with Crippen molar-refractivity contribution in [2.45, 2.75) is 19.8 Å². The molecule has 0 saturated heterocycles. The highest BCUT2D eigenvalue weighted by Crippen LogP contribution is 2.11. The molecule has 1 aromatic rings. The lowest BCUT2D eigenvalue weighted by molar-refractivity contribution is 0.0779. The van der Waals surface area contributed by atoms with E-state index in [0.29, 0.717) is 25.1 Å². The summed E-state index contributed by atoms with van der Waals surface area (Å²) in [6.45, 7) is 3.29. The van der Waals surface area contributed by atoms with Crippen LogP contribution in [0.1, 0.15) is 34.3 Å². The van der Waals surface area contributed by atoms with Gasteiger partial charge < -0.3 is 14.7 Å². The van der Waals surface area contributed by atoms with Gasteiger partial charge in [0.2, 0.25) is 0 Å². The van der Waals surface area contributed by atoms with Gasteiger partial charge in [-0.25, -0.2) is 0 Å². The molecule has 0 aliphatic heterocycles. The van der Waals surface area contributed by atoms with E-state index in [1.807, 2.05) is 19.1 Å². The van der Waals surface area contributed by atoms with Crippen LogP contribution in [0.5, 0.6) is 0 Å². The molecule has 0 bridgehead atoms. The average molecular weight is 289 g/mol. The number of amides is 1. The van der Waals surface area contributed by atoms with E-state index in [2.05, 4.69) is 11.8 Å². The van der Waals surface area contributed by atoms with Crippen LogP contribution in [0, 0.1) is 18.8 Å². The second-order valence-corrected chi connectivity index (χ2v) is 4.94. The Bertz CT molecular complexity index is 529. The van der Waals surface area contributed by atoms with E-state index in [1.165, 1.54) is 0 Å². The van der Waals surface area contributed by atoms with E-state index in [0.717, 1.165) is 17.5 Å². The first-order valence-corrected chi connectivity index (χ1v) is 7.04. The Balaban J connectivity index is 2.82. The molecule has 0 spiro atoms. The van der Waals surface area contributed by atoms with Crippen molar-refractivity contribution in [3.63, 3.8) is 0 Å². The maximum absolute atomic E-state index is 12.4. The summed E-state index contributed by atoms with van der Waals surface area (Å²) < 4.78 is 4.99. The van der Waals surface area contributed by atoms with Crippen LogP contribution < -0.4 is 0 Å². The number of hydrogen-bond donors (Lipinski definition) is 1. The topological polar surface area (TPSA) is 49.8 Å². The van der Waals surface area contributed by atoms with Crippen LogP contribution in [0.15, 0.2) is 18.2 Å². The van der Waals surface area contributed by atoms with Crippen molar-refractivity contribution >= 4 is 5.91 Å². The molecule has 1 aromatic carbocycles. The minimum absolute atomic E-state index is 0.0139. The summed E-state index contributed by atoms with van der Waals surface area (Å²) in [5.41, 5.74) is 2.44. The highest BCUT2D eigenvalue weighted by molar-refractivity contribution is 5.94. The molecule has 0 radical (unpaired) electrons. The molecule has 0 aromatic heterocycles. The van der Waals surface area contributed by atoms with Gasteiger partial charge >= 0.3 is 0 Å². The Morgan fingerprint density at radius 1 is 1.38 bits per heavy atom. The van der Waals surface area contributed by atoms with Gasteiger partial charge in [0.15, 0.2) is 0 Å². The number of carbonyl (C=O) groups is 1. The van der Waals surface area contributed by atoms with Crippen LogP contribution in [0.3, 0.4) is 0 Å². The Kier molecular flexibility index (Phi) is 7.52. The van der Waals surface area contributed by atoms with Crippen molar-refractivity contribution in [1.82, 2.24) is 4.90 Å². The number of ether oxygens (including phenoxy) is 1. The van der Waals surface area contributed by atoms with E-state index >= 15 is 0 Å². The minimum Gasteiger partial charge on any atom is -0.395 e. The molecule has 0 atom stereocenters. The fourth-order valence-electron chi connectivity index (χ4n) is 1.97.